The minimum absolute atomic E-state index is 0.0548. The van der Waals surface area contributed by atoms with Gasteiger partial charge in [-0.1, -0.05) is 12.1 Å². The summed E-state index contributed by atoms with van der Waals surface area (Å²) in [4.78, 5) is 14.5. The molecule has 0 saturated carbocycles. The molecule has 1 aliphatic heterocycles. The second kappa shape index (κ2) is 6.27. The lowest BCUT2D eigenvalue weighted by Gasteiger charge is -2.31. The maximum Gasteiger partial charge on any atom is 0.251 e. The summed E-state index contributed by atoms with van der Waals surface area (Å²) in [6.07, 6.45) is 7.17. The first-order valence-corrected chi connectivity index (χ1v) is 7.60. The van der Waals surface area contributed by atoms with Gasteiger partial charge < -0.3 is 10.2 Å². The minimum Gasteiger partial charge on any atom is -0.311 e. The molecule has 2 aromatic rings. The number of amides is 1. The summed E-state index contributed by atoms with van der Waals surface area (Å²) in [6, 6.07) is -0.281. The number of piperidine rings is 1. The van der Waals surface area contributed by atoms with Crippen LogP contribution in [0.2, 0.25) is 0 Å². The number of carbonyl (C=O) groups excluding carboxylic acids is 1. The van der Waals surface area contributed by atoms with Crippen LogP contribution in [0.25, 0.3) is 0 Å². The number of aromatic nitrogens is 5. The average molecular weight is 303 g/mol. The summed E-state index contributed by atoms with van der Waals surface area (Å²) in [7, 11) is 1.85. The maximum atomic E-state index is 12.7. The van der Waals surface area contributed by atoms with E-state index in [1.165, 1.54) is 0 Å². The zero-order chi connectivity index (χ0) is 15.5. The van der Waals surface area contributed by atoms with Crippen LogP contribution in [0.5, 0.6) is 0 Å². The first-order chi connectivity index (χ1) is 10.7. The van der Waals surface area contributed by atoms with E-state index in [0.717, 1.165) is 37.3 Å². The highest BCUT2D eigenvalue weighted by molar-refractivity contribution is 5.96. The molecule has 0 radical (unpaired) electrons. The van der Waals surface area contributed by atoms with Gasteiger partial charge in [-0.15, -0.1) is 5.10 Å². The predicted molar refractivity (Wildman–Crippen MR) is 81.2 cm³/mol. The fourth-order valence-electron chi connectivity index (χ4n) is 2.71. The second-order valence-electron chi connectivity index (χ2n) is 5.49. The number of aryl methyl sites for hydroxylation is 1. The first kappa shape index (κ1) is 14.7. The number of hydrogen-bond acceptors (Lipinski definition) is 5. The van der Waals surface area contributed by atoms with Gasteiger partial charge in [0, 0.05) is 26.3 Å². The minimum atomic E-state index is -0.281. The van der Waals surface area contributed by atoms with Crippen molar-refractivity contribution in [1.29, 1.82) is 0 Å². The van der Waals surface area contributed by atoms with Crippen molar-refractivity contribution in [2.45, 2.75) is 32.4 Å². The van der Waals surface area contributed by atoms with Gasteiger partial charge in [-0.25, -0.2) is 4.68 Å². The quantitative estimate of drug-likeness (QED) is 0.869. The molecular formula is C14H21N7O. The highest BCUT2D eigenvalue weighted by Crippen LogP contribution is 2.26. The number of nitrogens with one attached hydrogen (secondary N) is 1. The molecular weight excluding hydrogens is 282 g/mol. The van der Waals surface area contributed by atoms with E-state index in [2.05, 4.69) is 20.7 Å². The second-order valence-corrected chi connectivity index (χ2v) is 5.49. The summed E-state index contributed by atoms with van der Waals surface area (Å²) in [5, 5.41) is 15.6. The van der Waals surface area contributed by atoms with E-state index in [1.807, 2.05) is 26.4 Å². The Kier molecular flexibility index (Phi) is 4.19. The van der Waals surface area contributed by atoms with E-state index >= 15 is 0 Å². The Morgan fingerprint density at radius 3 is 3.00 bits per heavy atom. The van der Waals surface area contributed by atoms with E-state index < -0.39 is 0 Å². The fraction of sp³-hybridized carbons (Fsp3) is 0.571. The Bertz CT molecular complexity index is 647. The van der Waals surface area contributed by atoms with Gasteiger partial charge in [-0.2, -0.15) is 5.10 Å². The molecule has 0 aromatic carbocycles. The third-order valence-corrected chi connectivity index (χ3v) is 3.85. The van der Waals surface area contributed by atoms with Gasteiger partial charge in [0.05, 0.1) is 23.8 Å². The fourth-order valence-corrected chi connectivity index (χ4v) is 2.71. The molecule has 2 aromatic heterocycles. The first-order valence-electron chi connectivity index (χ1n) is 7.60. The van der Waals surface area contributed by atoms with Crippen LogP contribution in [-0.4, -0.2) is 43.8 Å². The number of carbonyl (C=O) groups is 1. The van der Waals surface area contributed by atoms with Crippen LogP contribution in [0.4, 0.5) is 5.69 Å². The van der Waals surface area contributed by atoms with Crippen molar-refractivity contribution in [3.63, 3.8) is 0 Å². The van der Waals surface area contributed by atoms with Crippen LogP contribution < -0.4 is 10.2 Å². The summed E-state index contributed by atoms with van der Waals surface area (Å²) in [5.74, 6) is 0.0548. The van der Waals surface area contributed by atoms with Crippen molar-refractivity contribution in [3.05, 3.63) is 24.3 Å². The lowest BCUT2D eigenvalue weighted by molar-refractivity contribution is -0.123. The van der Waals surface area contributed by atoms with E-state index in [-0.39, 0.29) is 11.9 Å². The standard InChI is InChI=1S/C14H21N7O/c1-3-15-7-11-9-21(18-17-11)13-5-4-6-20(14(13)22)12-8-16-19(2)10-12/h8-10,13,15H,3-7H2,1-2H3. The molecule has 0 aliphatic carbocycles. The van der Waals surface area contributed by atoms with Crippen LogP contribution in [-0.2, 0) is 18.4 Å². The predicted octanol–water partition coefficient (Wildman–Crippen LogP) is 0.489. The molecule has 8 heteroatoms. The van der Waals surface area contributed by atoms with Crippen molar-refractivity contribution in [2.75, 3.05) is 18.0 Å². The Hall–Kier alpha value is -2.22. The molecule has 1 aliphatic rings. The maximum absolute atomic E-state index is 12.7. The number of rotatable bonds is 5. The monoisotopic (exact) mass is 303 g/mol. The third-order valence-electron chi connectivity index (χ3n) is 3.85. The summed E-state index contributed by atoms with van der Waals surface area (Å²) in [5.41, 5.74) is 1.69. The zero-order valence-electron chi connectivity index (χ0n) is 12.9. The smallest absolute Gasteiger partial charge is 0.251 e. The average Bonchev–Trinajstić information content (AvgIpc) is 3.14. The molecule has 1 saturated heterocycles. The van der Waals surface area contributed by atoms with Crippen LogP contribution in [0, 0.1) is 0 Å². The Labute approximate surface area is 129 Å². The van der Waals surface area contributed by atoms with Crippen molar-refractivity contribution >= 4 is 11.6 Å². The van der Waals surface area contributed by atoms with Crippen molar-refractivity contribution < 1.29 is 4.79 Å². The van der Waals surface area contributed by atoms with Crippen molar-refractivity contribution in [1.82, 2.24) is 30.1 Å². The largest absolute Gasteiger partial charge is 0.311 e. The lowest BCUT2D eigenvalue weighted by Crippen LogP contribution is -2.42. The third kappa shape index (κ3) is 2.87. The van der Waals surface area contributed by atoms with Gasteiger partial charge in [0.25, 0.3) is 5.91 Å². The van der Waals surface area contributed by atoms with E-state index in [4.69, 9.17) is 0 Å². The molecule has 1 unspecified atom stereocenters. The molecule has 22 heavy (non-hydrogen) atoms. The van der Waals surface area contributed by atoms with Gasteiger partial charge in [-0.3, -0.25) is 9.48 Å². The molecule has 0 spiro atoms. The molecule has 3 heterocycles. The highest BCUT2D eigenvalue weighted by atomic mass is 16.2. The molecule has 1 amide bonds. The molecule has 3 rings (SSSR count). The SMILES string of the molecule is CCNCc1cn(C2CCCN(c3cnn(C)c3)C2=O)nn1. The van der Waals surface area contributed by atoms with Crippen molar-refractivity contribution in [2.24, 2.45) is 7.05 Å². The molecule has 8 nitrogen and oxygen atoms in total. The summed E-state index contributed by atoms with van der Waals surface area (Å²) >= 11 is 0. The molecule has 0 bridgehead atoms. The van der Waals surface area contributed by atoms with E-state index in [0.29, 0.717) is 6.54 Å². The van der Waals surface area contributed by atoms with Crippen molar-refractivity contribution in [3.8, 4) is 0 Å². The molecule has 118 valence electrons. The Morgan fingerprint density at radius 2 is 2.27 bits per heavy atom. The van der Waals surface area contributed by atoms with Crippen LogP contribution in [0.1, 0.15) is 31.5 Å². The Balaban J connectivity index is 1.76. The Morgan fingerprint density at radius 1 is 1.41 bits per heavy atom. The topological polar surface area (TPSA) is 80.9 Å². The summed E-state index contributed by atoms with van der Waals surface area (Å²) in [6.45, 7) is 4.31. The summed E-state index contributed by atoms with van der Waals surface area (Å²) < 4.78 is 3.40. The molecule has 1 atom stereocenters. The van der Waals surface area contributed by atoms with Gasteiger partial charge in [0.2, 0.25) is 0 Å². The van der Waals surface area contributed by atoms with Gasteiger partial charge in [0.1, 0.15) is 6.04 Å². The number of nitrogens with zero attached hydrogens (tertiary/aromatic N) is 6. The van der Waals surface area contributed by atoms with E-state index in [9.17, 15) is 4.79 Å². The highest BCUT2D eigenvalue weighted by Gasteiger charge is 2.32. The number of hydrogen-bond donors (Lipinski definition) is 1. The number of anilines is 1. The van der Waals surface area contributed by atoms with Gasteiger partial charge >= 0.3 is 0 Å². The van der Waals surface area contributed by atoms with Gasteiger partial charge in [0.15, 0.2) is 0 Å². The van der Waals surface area contributed by atoms with E-state index in [1.54, 1.807) is 20.5 Å². The lowest BCUT2D eigenvalue weighted by atomic mass is 10.0. The molecule has 1 fully saturated rings. The normalized spacial score (nSPS) is 18.9. The molecule has 1 N–H and O–H groups in total. The van der Waals surface area contributed by atoms with Crippen LogP contribution in [0.3, 0.4) is 0 Å². The van der Waals surface area contributed by atoms with Crippen LogP contribution >= 0.6 is 0 Å². The van der Waals surface area contributed by atoms with Crippen LogP contribution in [0.15, 0.2) is 18.6 Å². The zero-order valence-corrected chi connectivity index (χ0v) is 12.9. The van der Waals surface area contributed by atoms with Gasteiger partial charge in [-0.05, 0) is 19.4 Å².